The highest BCUT2D eigenvalue weighted by atomic mass is 35.5. The minimum atomic E-state index is -1.27. The van der Waals surface area contributed by atoms with Crippen LogP contribution in [0.1, 0.15) is 18.5 Å². The quantitative estimate of drug-likeness (QED) is 0.189. The maximum atomic E-state index is 12.8. The lowest BCUT2D eigenvalue weighted by molar-refractivity contribution is -0.155. The van der Waals surface area contributed by atoms with E-state index in [0.717, 1.165) is 28.0 Å². The molecule has 0 spiro atoms. The van der Waals surface area contributed by atoms with Crippen molar-refractivity contribution in [3.05, 3.63) is 44.1 Å². The third-order valence-electron chi connectivity index (χ3n) is 4.99. The summed E-state index contributed by atoms with van der Waals surface area (Å²) in [6.45, 7) is 0. The smallest absolute Gasteiger partial charge is 0.353 e. The molecule has 11 nitrogen and oxygen atoms in total. The third-order valence-corrected chi connectivity index (χ3v) is 7.71. The number of carboxylic acids is 1. The van der Waals surface area contributed by atoms with Crippen LogP contribution >= 0.6 is 46.3 Å². The van der Waals surface area contributed by atoms with Gasteiger partial charge in [0.25, 0.3) is 11.8 Å². The van der Waals surface area contributed by atoms with Crippen LogP contribution in [-0.4, -0.2) is 60.8 Å². The normalized spacial score (nSPS) is 20.4. The van der Waals surface area contributed by atoms with Gasteiger partial charge >= 0.3 is 5.97 Å². The van der Waals surface area contributed by atoms with Crippen LogP contribution in [0, 0.1) is 0 Å². The predicted octanol–water partition coefficient (Wildman–Crippen LogP) is 2.18. The molecule has 2 aromatic heterocycles. The molecule has 2 atom stereocenters. The summed E-state index contributed by atoms with van der Waals surface area (Å²) in [7, 11) is 0. The van der Waals surface area contributed by atoms with Crippen molar-refractivity contribution in [1.82, 2.24) is 20.2 Å². The van der Waals surface area contributed by atoms with Gasteiger partial charge in [-0.25, -0.2) is 9.78 Å². The Kier molecular flexibility index (Phi) is 6.47. The highest BCUT2D eigenvalue weighted by Gasteiger charge is 2.54. The second kappa shape index (κ2) is 9.17. The number of thioether (sulfide) groups is 1. The first-order valence-electron chi connectivity index (χ1n) is 9.24. The maximum absolute atomic E-state index is 12.8. The molecule has 1 unspecified atom stereocenters. The third kappa shape index (κ3) is 4.24. The van der Waals surface area contributed by atoms with Crippen LogP contribution in [0.3, 0.4) is 0 Å². The summed E-state index contributed by atoms with van der Waals surface area (Å²) in [5, 5.41) is 24.9. The molecule has 2 aromatic rings. The number of β-lactam (4-membered cyclic amide) rings is 1. The minimum Gasteiger partial charge on any atom is -0.477 e. The van der Waals surface area contributed by atoms with Crippen molar-refractivity contribution in [2.45, 2.75) is 29.8 Å². The molecule has 15 heteroatoms. The van der Waals surface area contributed by atoms with E-state index in [0.29, 0.717) is 27.7 Å². The van der Waals surface area contributed by atoms with Crippen molar-refractivity contribution in [1.29, 1.82) is 0 Å². The fourth-order valence-corrected chi connectivity index (χ4v) is 5.79. The molecule has 0 aliphatic carbocycles. The number of nitrogens with two attached hydrogens (primary N) is 1. The van der Waals surface area contributed by atoms with E-state index in [1.807, 2.05) is 0 Å². The molecule has 0 aromatic carbocycles. The maximum Gasteiger partial charge on any atom is 0.353 e. The number of allylic oxidation sites excluding steroid dienone is 1. The number of nitrogens with zero attached hydrogens (tertiary/aromatic N) is 4. The van der Waals surface area contributed by atoms with Crippen molar-refractivity contribution in [2.24, 2.45) is 5.16 Å². The first-order valence-corrected chi connectivity index (χ1v) is 11.6. The van der Waals surface area contributed by atoms with Gasteiger partial charge in [-0.1, -0.05) is 51.5 Å². The van der Waals surface area contributed by atoms with Gasteiger partial charge in [-0.3, -0.25) is 19.5 Å². The number of nitrogens with one attached hydrogen (secondary N) is 1. The van der Waals surface area contributed by atoms with E-state index in [-0.39, 0.29) is 20.9 Å². The number of thiazole rings is 1. The molecule has 5 N–H and O–H groups in total. The molecule has 0 radical (unpaired) electrons. The van der Waals surface area contributed by atoms with Crippen molar-refractivity contribution in [3.63, 3.8) is 0 Å². The number of halogens is 2. The van der Waals surface area contributed by atoms with Crippen LogP contribution in [-0.2, 0) is 14.4 Å². The van der Waals surface area contributed by atoms with Gasteiger partial charge in [0.15, 0.2) is 10.8 Å². The van der Waals surface area contributed by atoms with Gasteiger partial charge in [-0.05, 0) is 18.9 Å². The first-order chi connectivity index (χ1) is 15.7. The number of carbonyl (C=O) groups excluding carboxylic acids is 2. The van der Waals surface area contributed by atoms with Crippen molar-refractivity contribution >= 4 is 74.9 Å². The number of oxime groups is 1. The molecule has 172 valence electrons. The van der Waals surface area contributed by atoms with E-state index in [4.69, 9.17) is 28.9 Å². The number of aliphatic carboxylic acids is 1. The van der Waals surface area contributed by atoms with E-state index in [9.17, 15) is 24.7 Å². The summed E-state index contributed by atoms with van der Waals surface area (Å²) in [4.78, 5) is 47.5. The Morgan fingerprint density at radius 1 is 1.39 bits per heavy atom. The van der Waals surface area contributed by atoms with Crippen molar-refractivity contribution in [2.75, 3.05) is 5.73 Å². The van der Waals surface area contributed by atoms with Gasteiger partial charge in [-0.2, -0.15) is 0 Å². The summed E-state index contributed by atoms with van der Waals surface area (Å²) in [6.07, 6.45) is 3.72. The van der Waals surface area contributed by atoms with Crippen LogP contribution in [0.4, 0.5) is 5.13 Å². The van der Waals surface area contributed by atoms with Crippen LogP contribution in [0.5, 0.6) is 0 Å². The number of anilines is 1. The number of fused-ring (bicyclic) bond motifs is 1. The van der Waals surface area contributed by atoms with Crippen LogP contribution in [0.15, 0.2) is 39.1 Å². The van der Waals surface area contributed by atoms with E-state index in [2.05, 4.69) is 20.4 Å². The van der Waals surface area contributed by atoms with Crippen LogP contribution in [0.25, 0.3) is 0 Å². The van der Waals surface area contributed by atoms with Crippen LogP contribution < -0.4 is 11.1 Å². The molecule has 2 aliphatic rings. The van der Waals surface area contributed by atoms with Crippen LogP contribution in [0.2, 0.25) is 9.36 Å². The zero-order chi connectivity index (χ0) is 23.9. The van der Waals surface area contributed by atoms with E-state index < -0.39 is 35.6 Å². The number of pyridine rings is 1. The summed E-state index contributed by atoms with van der Waals surface area (Å²) >= 11 is 14.2. The number of hydrogen-bond donors (Lipinski definition) is 4. The second-order valence-electron chi connectivity index (χ2n) is 6.87. The van der Waals surface area contributed by atoms with Gasteiger partial charge in [0.1, 0.15) is 21.8 Å². The van der Waals surface area contributed by atoms with Gasteiger partial charge < -0.3 is 21.4 Å². The zero-order valence-corrected chi connectivity index (χ0v) is 19.5. The molecule has 0 saturated carbocycles. The highest BCUT2D eigenvalue weighted by molar-refractivity contribution is 8.03. The summed E-state index contributed by atoms with van der Waals surface area (Å²) in [6, 6.07) is 0.0636. The topological polar surface area (TPSA) is 171 Å². The minimum absolute atomic E-state index is 0.0437. The molecule has 2 amide bonds. The average molecular weight is 529 g/mol. The van der Waals surface area contributed by atoms with E-state index in [1.165, 1.54) is 12.4 Å². The second-order valence-corrected chi connectivity index (χ2v) is 10.1. The van der Waals surface area contributed by atoms with Crippen molar-refractivity contribution in [3.8, 4) is 0 Å². The molecule has 0 bridgehead atoms. The number of aromatic nitrogens is 2. The molecular formula is C18H14Cl2N6O5S2. The van der Waals surface area contributed by atoms with Gasteiger partial charge in [-0.15, -0.1) is 0 Å². The lowest BCUT2D eigenvalue weighted by atomic mass is 9.86. The Balaban J connectivity index is 1.55. The van der Waals surface area contributed by atoms with Gasteiger partial charge in [0.05, 0.1) is 11.1 Å². The number of amides is 2. The Morgan fingerprint density at radius 2 is 2.15 bits per heavy atom. The largest absolute Gasteiger partial charge is 0.477 e. The fourth-order valence-electron chi connectivity index (χ4n) is 3.58. The van der Waals surface area contributed by atoms with Gasteiger partial charge in [0.2, 0.25) is 0 Å². The number of hydrogen-bond acceptors (Lipinski definition) is 10. The number of nitrogen functional groups attached to an aromatic ring is 1. The molecule has 1 saturated heterocycles. The summed E-state index contributed by atoms with van der Waals surface area (Å²) < 4.78 is 0.0437. The zero-order valence-electron chi connectivity index (χ0n) is 16.4. The molecule has 33 heavy (non-hydrogen) atoms. The Bertz CT molecular complexity index is 1230. The summed E-state index contributed by atoms with van der Waals surface area (Å²) in [5.41, 5.74) is 4.77. The highest BCUT2D eigenvalue weighted by Crippen LogP contribution is 2.44. The Labute approximate surface area is 204 Å². The standard InChI is InChI=1S/C18H14Cl2N6O5S2/c19-6-5-22-4-3-8(6)32-9-2-1-7-10(16(28)26(7)13(9)17(29)30)23-15(27)12(25-31)11-14(20)33-18(21)24-11/h3-5,7,10,31H,1-2H2,(H2,21,24)(H,23,27)(H,29,30)/b25-12-/t7?,10-/m0/s1. The van der Waals surface area contributed by atoms with Gasteiger partial charge in [0, 0.05) is 22.2 Å². The molecular weight excluding hydrogens is 515 g/mol. The molecule has 4 rings (SSSR count). The first kappa shape index (κ1) is 23.3. The number of carbonyl (C=O) groups is 3. The fraction of sp³-hybridized carbons (Fsp3) is 0.222. The average Bonchev–Trinajstić information content (AvgIpc) is 3.11. The number of rotatable bonds is 6. The monoisotopic (exact) mass is 528 g/mol. The van der Waals surface area contributed by atoms with Crippen molar-refractivity contribution < 1.29 is 24.7 Å². The van der Waals surface area contributed by atoms with E-state index in [1.54, 1.807) is 6.07 Å². The Hall–Kier alpha value is -2.87. The number of carboxylic acid groups (broad SMARTS) is 1. The predicted molar refractivity (Wildman–Crippen MR) is 121 cm³/mol. The molecule has 2 aliphatic heterocycles. The lowest BCUT2D eigenvalue weighted by Crippen LogP contribution is -2.72. The SMILES string of the molecule is Nc1nc(/C(=N/O)C(=O)N[C@@H]2C(=O)N3C(C(=O)O)=C(Sc4ccncc4Cl)CCC23)c(Cl)s1. The molecule has 1 fully saturated rings. The summed E-state index contributed by atoms with van der Waals surface area (Å²) in [5.74, 6) is -2.77. The van der Waals surface area contributed by atoms with E-state index >= 15 is 0 Å². The lowest BCUT2D eigenvalue weighted by Gasteiger charge is -2.50. The Morgan fingerprint density at radius 3 is 2.76 bits per heavy atom. The molecule has 4 heterocycles.